The number of nitrogens with zero attached hydrogens (tertiary/aromatic N) is 1. The van der Waals surface area contributed by atoms with E-state index in [2.05, 4.69) is 19.2 Å². The highest BCUT2D eigenvalue weighted by molar-refractivity contribution is 7.91. The van der Waals surface area contributed by atoms with Gasteiger partial charge in [0.25, 0.3) is 0 Å². The van der Waals surface area contributed by atoms with Crippen molar-refractivity contribution in [2.24, 2.45) is 0 Å². The number of unbranched alkanes of at least 4 members (excludes halogenated alkanes) is 2. The van der Waals surface area contributed by atoms with Crippen LogP contribution < -0.4 is 5.32 Å². The molecule has 0 saturated carbocycles. The van der Waals surface area contributed by atoms with Crippen LogP contribution in [0.4, 0.5) is 0 Å². The minimum atomic E-state index is -2.97. The minimum absolute atomic E-state index is 0.0847. The van der Waals surface area contributed by atoms with Crippen molar-refractivity contribution in [2.45, 2.75) is 52.0 Å². The Hall–Kier alpha value is -0.620. The van der Waals surface area contributed by atoms with Crippen LogP contribution in [-0.2, 0) is 14.6 Å². The number of hydrogen-bond acceptors (Lipinski definition) is 4. The molecule has 0 radical (unpaired) electrons. The lowest BCUT2D eigenvalue weighted by atomic mass is 10.2. The van der Waals surface area contributed by atoms with Gasteiger partial charge in [-0.1, -0.05) is 26.7 Å². The molecule has 0 aromatic heterocycles. The number of carbonyl (C=O) groups is 1. The normalized spacial score (nSPS) is 21.6. The molecule has 1 heterocycles. The molecule has 0 aliphatic carbocycles. The maximum Gasteiger partial charge on any atom is 0.224 e. The van der Waals surface area contributed by atoms with Gasteiger partial charge in [0, 0.05) is 32.1 Å². The van der Waals surface area contributed by atoms with Crippen molar-refractivity contribution in [3.8, 4) is 0 Å². The Balaban J connectivity index is 2.51. The van der Waals surface area contributed by atoms with Crippen molar-refractivity contribution in [1.29, 1.82) is 0 Å². The van der Waals surface area contributed by atoms with Crippen LogP contribution in [0.2, 0.25) is 0 Å². The van der Waals surface area contributed by atoms with Crippen LogP contribution in [0.1, 0.15) is 46.0 Å². The summed E-state index contributed by atoms with van der Waals surface area (Å²) in [5, 5.41) is 3.15. The van der Waals surface area contributed by atoms with Gasteiger partial charge in [0.05, 0.1) is 11.5 Å². The van der Waals surface area contributed by atoms with Crippen molar-refractivity contribution in [3.05, 3.63) is 0 Å². The van der Waals surface area contributed by atoms with Gasteiger partial charge in [-0.2, -0.15) is 0 Å². The third-order valence-corrected chi connectivity index (χ3v) is 5.37. The van der Waals surface area contributed by atoms with Gasteiger partial charge in [-0.3, -0.25) is 4.79 Å². The Morgan fingerprint density at radius 3 is 2.30 bits per heavy atom. The third kappa shape index (κ3) is 6.22. The second-order valence-electron chi connectivity index (χ2n) is 5.56. The van der Waals surface area contributed by atoms with Crippen molar-refractivity contribution in [2.75, 3.05) is 31.1 Å². The molecule has 1 atom stereocenters. The van der Waals surface area contributed by atoms with Gasteiger partial charge in [-0.15, -0.1) is 0 Å². The molecule has 1 aliphatic rings. The molecule has 1 fully saturated rings. The van der Waals surface area contributed by atoms with E-state index in [1.807, 2.05) is 4.90 Å². The quantitative estimate of drug-likeness (QED) is 0.731. The number of sulfone groups is 1. The summed E-state index contributed by atoms with van der Waals surface area (Å²) in [6.07, 6.45) is 4.43. The molecule has 1 amide bonds. The lowest BCUT2D eigenvalue weighted by molar-refractivity contribution is -0.131. The maximum atomic E-state index is 12.3. The largest absolute Gasteiger partial charge is 0.343 e. The Morgan fingerprint density at radius 2 is 1.80 bits per heavy atom. The third-order valence-electron chi connectivity index (χ3n) is 3.64. The Labute approximate surface area is 123 Å². The first-order chi connectivity index (χ1) is 9.48. The van der Waals surface area contributed by atoms with Gasteiger partial charge in [-0.05, 0) is 12.8 Å². The first-order valence-electron chi connectivity index (χ1n) is 7.70. The molecule has 6 heteroatoms. The van der Waals surface area contributed by atoms with Crippen LogP contribution in [-0.4, -0.2) is 56.4 Å². The van der Waals surface area contributed by atoms with E-state index < -0.39 is 9.84 Å². The molecule has 0 spiro atoms. The number of rotatable bonds is 8. The standard InChI is InChI=1S/C14H28N2O3S/c1-3-5-8-16(9-6-4-2)14(17)11-13-12-20(18,19)10-7-15-13/h13,15H,3-12H2,1-2H3. The van der Waals surface area contributed by atoms with Crippen molar-refractivity contribution in [1.82, 2.24) is 10.2 Å². The first-order valence-corrected chi connectivity index (χ1v) is 9.52. The van der Waals surface area contributed by atoms with E-state index in [1.165, 1.54) is 0 Å². The predicted molar refractivity (Wildman–Crippen MR) is 81.5 cm³/mol. The maximum absolute atomic E-state index is 12.3. The Kier molecular flexibility index (Phi) is 7.51. The molecule has 1 saturated heterocycles. The molecule has 0 aromatic carbocycles. The molecular formula is C14H28N2O3S. The van der Waals surface area contributed by atoms with Crippen LogP contribution in [0.5, 0.6) is 0 Å². The molecule has 5 nitrogen and oxygen atoms in total. The van der Waals surface area contributed by atoms with E-state index >= 15 is 0 Å². The molecule has 0 aromatic rings. The molecule has 118 valence electrons. The monoisotopic (exact) mass is 304 g/mol. The second kappa shape index (κ2) is 8.62. The van der Waals surface area contributed by atoms with E-state index in [0.29, 0.717) is 13.0 Å². The van der Waals surface area contributed by atoms with E-state index in [9.17, 15) is 13.2 Å². The summed E-state index contributed by atoms with van der Waals surface area (Å²) < 4.78 is 23.2. The highest BCUT2D eigenvalue weighted by atomic mass is 32.2. The summed E-state index contributed by atoms with van der Waals surface area (Å²) >= 11 is 0. The fourth-order valence-electron chi connectivity index (χ4n) is 2.40. The summed E-state index contributed by atoms with van der Waals surface area (Å²) in [6.45, 7) is 6.25. The fraction of sp³-hybridized carbons (Fsp3) is 0.929. The lowest BCUT2D eigenvalue weighted by Crippen LogP contribution is -2.48. The van der Waals surface area contributed by atoms with Gasteiger partial charge in [-0.25, -0.2) is 8.42 Å². The van der Waals surface area contributed by atoms with Gasteiger partial charge in [0.15, 0.2) is 9.84 Å². The smallest absolute Gasteiger partial charge is 0.224 e. The second-order valence-corrected chi connectivity index (χ2v) is 7.79. The van der Waals surface area contributed by atoms with E-state index in [1.54, 1.807) is 0 Å². The number of amides is 1. The molecule has 1 aliphatic heterocycles. The zero-order valence-electron chi connectivity index (χ0n) is 12.7. The average Bonchev–Trinajstić information content (AvgIpc) is 2.37. The average molecular weight is 304 g/mol. The zero-order chi connectivity index (χ0) is 15.0. The van der Waals surface area contributed by atoms with E-state index in [0.717, 1.165) is 38.8 Å². The molecule has 1 rings (SSSR count). The topological polar surface area (TPSA) is 66.5 Å². The summed E-state index contributed by atoms with van der Waals surface area (Å²) in [4.78, 5) is 14.2. The van der Waals surface area contributed by atoms with Crippen LogP contribution in [0.15, 0.2) is 0 Å². The van der Waals surface area contributed by atoms with Crippen LogP contribution >= 0.6 is 0 Å². The first kappa shape index (κ1) is 17.4. The molecule has 1 N–H and O–H groups in total. The highest BCUT2D eigenvalue weighted by Crippen LogP contribution is 2.09. The number of hydrogen-bond donors (Lipinski definition) is 1. The zero-order valence-corrected chi connectivity index (χ0v) is 13.5. The SMILES string of the molecule is CCCCN(CCCC)C(=O)CC1CS(=O)(=O)CCN1. The van der Waals surface area contributed by atoms with Crippen molar-refractivity contribution < 1.29 is 13.2 Å². The minimum Gasteiger partial charge on any atom is -0.343 e. The van der Waals surface area contributed by atoms with E-state index in [-0.39, 0.29) is 23.5 Å². The van der Waals surface area contributed by atoms with Gasteiger partial charge in [0.1, 0.15) is 0 Å². The van der Waals surface area contributed by atoms with Crippen LogP contribution in [0.25, 0.3) is 0 Å². The summed E-state index contributed by atoms with van der Waals surface area (Å²) in [5.74, 6) is 0.364. The molecular weight excluding hydrogens is 276 g/mol. The van der Waals surface area contributed by atoms with Gasteiger partial charge >= 0.3 is 0 Å². The summed E-state index contributed by atoms with van der Waals surface area (Å²) in [7, 11) is -2.97. The fourth-order valence-corrected chi connectivity index (χ4v) is 3.84. The summed E-state index contributed by atoms with van der Waals surface area (Å²) in [6, 6.07) is -0.216. The number of nitrogens with one attached hydrogen (secondary N) is 1. The molecule has 0 bridgehead atoms. The lowest BCUT2D eigenvalue weighted by Gasteiger charge is -2.27. The molecule has 20 heavy (non-hydrogen) atoms. The Bertz CT molecular complexity index is 387. The number of carbonyl (C=O) groups excluding carboxylic acids is 1. The van der Waals surface area contributed by atoms with Gasteiger partial charge in [0.2, 0.25) is 5.91 Å². The van der Waals surface area contributed by atoms with Gasteiger partial charge < -0.3 is 10.2 Å². The molecule has 1 unspecified atom stereocenters. The predicted octanol–water partition coefficient (Wildman–Crippen LogP) is 1.19. The van der Waals surface area contributed by atoms with Crippen LogP contribution in [0, 0.1) is 0 Å². The van der Waals surface area contributed by atoms with Crippen molar-refractivity contribution >= 4 is 15.7 Å². The Morgan fingerprint density at radius 1 is 1.20 bits per heavy atom. The summed E-state index contributed by atoms with van der Waals surface area (Å²) in [5.41, 5.74) is 0. The van der Waals surface area contributed by atoms with Crippen LogP contribution in [0.3, 0.4) is 0 Å². The highest BCUT2D eigenvalue weighted by Gasteiger charge is 2.27. The van der Waals surface area contributed by atoms with E-state index in [4.69, 9.17) is 0 Å². The van der Waals surface area contributed by atoms with Crippen molar-refractivity contribution in [3.63, 3.8) is 0 Å².